The Kier molecular flexibility index (Phi) is 6.49. The molecule has 0 N–H and O–H groups in total. The summed E-state index contributed by atoms with van der Waals surface area (Å²) in [6.07, 6.45) is 0.184. The lowest BCUT2D eigenvalue weighted by molar-refractivity contribution is -0.138. The predicted molar refractivity (Wildman–Crippen MR) is 87.0 cm³/mol. The Balaban J connectivity index is 2.92. The van der Waals surface area contributed by atoms with Gasteiger partial charge in [-0.2, -0.15) is 5.26 Å². The molecule has 0 aliphatic carbocycles. The van der Waals surface area contributed by atoms with E-state index in [1.165, 1.54) is 37.1 Å². The molecule has 1 aromatic rings. The van der Waals surface area contributed by atoms with E-state index in [0.717, 1.165) is 6.26 Å². The second kappa shape index (κ2) is 7.93. The number of likely N-dealkylation sites (N-methyl/N-ethyl adjacent to an activating group) is 1. The van der Waals surface area contributed by atoms with E-state index in [4.69, 9.17) is 10.00 Å². The minimum atomic E-state index is -3.46. The van der Waals surface area contributed by atoms with Crippen LogP contribution in [0.5, 0.6) is 0 Å². The quantitative estimate of drug-likeness (QED) is 0.715. The molecule has 1 amide bonds. The average molecular weight is 352 g/mol. The van der Waals surface area contributed by atoms with Crippen molar-refractivity contribution in [1.82, 2.24) is 4.90 Å². The fourth-order valence-corrected chi connectivity index (χ4v) is 2.61. The fraction of sp³-hybridized carbons (Fsp3) is 0.438. The van der Waals surface area contributed by atoms with E-state index in [0.29, 0.717) is 5.56 Å². The van der Waals surface area contributed by atoms with Gasteiger partial charge in [-0.1, -0.05) is 6.07 Å². The lowest BCUT2D eigenvalue weighted by atomic mass is 10.1. The monoisotopic (exact) mass is 352 g/mol. The van der Waals surface area contributed by atoms with Crippen molar-refractivity contribution in [1.29, 1.82) is 5.26 Å². The first-order valence-corrected chi connectivity index (χ1v) is 9.10. The number of esters is 1. The van der Waals surface area contributed by atoms with Crippen molar-refractivity contribution in [2.45, 2.75) is 31.3 Å². The summed E-state index contributed by atoms with van der Waals surface area (Å²) >= 11 is 0. The molecule has 130 valence electrons. The van der Waals surface area contributed by atoms with Gasteiger partial charge < -0.3 is 9.64 Å². The molecule has 24 heavy (non-hydrogen) atoms. The van der Waals surface area contributed by atoms with Crippen LogP contribution in [0.3, 0.4) is 0 Å². The van der Waals surface area contributed by atoms with E-state index in [1.807, 2.05) is 6.07 Å². The summed E-state index contributed by atoms with van der Waals surface area (Å²) in [5.41, 5.74) is 0.641. The second-order valence-electron chi connectivity index (χ2n) is 5.46. The zero-order valence-corrected chi connectivity index (χ0v) is 14.9. The number of nitriles is 1. The van der Waals surface area contributed by atoms with E-state index in [2.05, 4.69) is 0 Å². The third-order valence-electron chi connectivity index (χ3n) is 3.42. The summed E-state index contributed by atoms with van der Waals surface area (Å²) in [7, 11) is -1.94. The average Bonchev–Trinajstić information content (AvgIpc) is 2.50. The second-order valence-corrected chi connectivity index (χ2v) is 7.48. The minimum absolute atomic E-state index is 0.00479. The summed E-state index contributed by atoms with van der Waals surface area (Å²) in [6, 6.07) is 6.09. The molecule has 0 saturated carbocycles. The van der Waals surface area contributed by atoms with E-state index >= 15 is 0 Å². The van der Waals surface area contributed by atoms with Gasteiger partial charge in [0.05, 0.1) is 22.9 Å². The summed E-state index contributed by atoms with van der Waals surface area (Å²) in [6.45, 7) is 3.31. The summed E-state index contributed by atoms with van der Waals surface area (Å²) in [5.74, 6) is -1.21. The Labute approximate surface area is 141 Å². The van der Waals surface area contributed by atoms with Crippen LogP contribution in [0, 0.1) is 18.3 Å². The van der Waals surface area contributed by atoms with Crippen LogP contribution in [0.15, 0.2) is 23.1 Å². The molecule has 0 aromatic heterocycles. The molecule has 8 heteroatoms. The van der Waals surface area contributed by atoms with Gasteiger partial charge in [-0.25, -0.2) is 13.2 Å². The number of nitrogens with zero attached hydrogens (tertiary/aromatic N) is 2. The minimum Gasteiger partial charge on any atom is -0.449 e. The van der Waals surface area contributed by atoms with E-state index in [1.54, 1.807) is 6.92 Å². The van der Waals surface area contributed by atoms with Crippen LogP contribution in [0.25, 0.3) is 0 Å². The van der Waals surface area contributed by atoms with Gasteiger partial charge in [0.1, 0.15) is 0 Å². The molecule has 0 aliphatic heterocycles. The van der Waals surface area contributed by atoms with Crippen LogP contribution < -0.4 is 0 Å². The Bertz CT molecular complexity index is 780. The maximum atomic E-state index is 12.3. The van der Waals surface area contributed by atoms with Gasteiger partial charge in [-0.05, 0) is 31.5 Å². The van der Waals surface area contributed by atoms with Gasteiger partial charge in [0.2, 0.25) is 0 Å². The van der Waals surface area contributed by atoms with Crippen molar-refractivity contribution >= 4 is 21.7 Å². The van der Waals surface area contributed by atoms with E-state index in [9.17, 15) is 18.0 Å². The van der Waals surface area contributed by atoms with E-state index < -0.39 is 27.8 Å². The molecule has 0 spiro atoms. The zero-order valence-electron chi connectivity index (χ0n) is 14.1. The van der Waals surface area contributed by atoms with Gasteiger partial charge in [0.15, 0.2) is 15.9 Å². The summed E-state index contributed by atoms with van der Waals surface area (Å²) in [5, 5.41) is 8.53. The van der Waals surface area contributed by atoms with Crippen LogP contribution in [0.1, 0.15) is 29.3 Å². The first kappa shape index (κ1) is 19.6. The smallest absolute Gasteiger partial charge is 0.339 e. The first-order valence-electron chi connectivity index (χ1n) is 7.21. The highest BCUT2D eigenvalue weighted by Crippen LogP contribution is 2.17. The summed E-state index contributed by atoms with van der Waals surface area (Å²) < 4.78 is 28.3. The molecule has 1 rings (SSSR count). The van der Waals surface area contributed by atoms with Gasteiger partial charge in [-0.3, -0.25) is 4.79 Å². The molecular formula is C16H20N2O5S. The van der Waals surface area contributed by atoms with Crippen molar-refractivity contribution < 1.29 is 22.7 Å². The largest absolute Gasteiger partial charge is 0.449 e. The maximum Gasteiger partial charge on any atom is 0.339 e. The van der Waals surface area contributed by atoms with Gasteiger partial charge in [-0.15, -0.1) is 0 Å². The highest BCUT2D eigenvalue weighted by molar-refractivity contribution is 7.90. The maximum absolute atomic E-state index is 12.3. The number of carbonyl (C=O) groups is 2. The number of ether oxygens (including phenoxy) is 1. The number of sulfone groups is 1. The Morgan fingerprint density at radius 1 is 1.38 bits per heavy atom. The molecule has 1 atom stereocenters. The molecular weight excluding hydrogens is 332 g/mol. The third-order valence-corrected chi connectivity index (χ3v) is 4.53. The number of benzene rings is 1. The Morgan fingerprint density at radius 2 is 2.00 bits per heavy atom. The Morgan fingerprint density at radius 3 is 2.54 bits per heavy atom. The molecule has 1 aromatic carbocycles. The lowest BCUT2D eigenvalue weighted by Gasteiger charge is -2.20. The molecule has 0 radical (unpaired) electrons. The molecule has 0 fully saturated rings. The summed E-state index contributed by atoms with van der Waals surface area (Å²) in [4.78, 5) is 25.6. The fourth-order valence-electron chi connectivity index (χ4n) is 1.96. The third kappa shape index (κ3) is 5.06. The number of amides is 1. The number of rotatable bonds is 6. The molecule has 7 nitrogen and oxygen atoms in total. The van der Waals surface area contributed by atoms with Crippen LogP contribution in [0.4, 0.5) is 0 Å². The first-order chi connectivity index (χ1) is 11.1. The normalized spacial score (nSPS) is 12.1. The number of hydrogen-bond acceptors (Lipinski definition) is 6. The lowest BCUT2D eigenvalue weighted by Crippen LogP contribution is -2.38. The van der Waals surface area contributed by atoms with Gasteiger partial charge >= 0.3 is 5.97 Å². The van der Waals surface area contributed by atoms with Crippen molar-refractivity contribution in [3.05, 3.63) is 29.3 Å². The van der Waals surface area contributed by atoms with Crippen molar-refractivity contribution in [3.63, 3.8) is 0 Å². The number of carbonyl (C=O) groups excluding carboxylic acids is 2. The molecule has 0 aliphatic rings. The van der Waals surface area contributed by atoms with Crippen molar-refractivity contribution in [3.8, 4) is 6.07 Å². The predicted octanol–water partition coefficient (Wildman–Crippen LogP) is 1.32. The van der Waals surface area contributed by atoms with Crippen molar-refractivity contribution in [2.75, 3.05) is 19.8 Å². The van der Waals surface area contributed by atoms with Crippen LogP contribution in [-0.4, -0.2) is 51.1 Å². The zero-order chi connectivity index (χ0) is 18.5. The SMILES string of the molecule is Cc1ccc(S(C)(=O)=O)cc1C(=O)O[C@@H](C)C(=O)N(C)CCC#N. The van der Waals surface area contributed by atoms with Crippen LogP contribution >= 0.6 is 0 Å². The number of hydrogen-bond donors (Lipinski definition) is 0. The van der Waals surface area contributed by atoms with Gasteiger partial charge in [0, 0.05) is 19.8 Å². The van der Waals surface area contributed by atoms with Crippen LogP contribution in [0.2, 0.25) is 0 Å². The van der Waals surface area contributed by atoms with E-state index in [-0.39, 0.29) is 23.4 Å². The highest BCUT2D eigenvalue weighted by Gasteiger charge is 2.23. The topological polar surface area (TPSA) is 105 Å². The molecule has 0 saturated heterocycles. The Hall–Kier alpha value is -2.40. The molecule has 0 heterocycles. The standard InChI is InChI=1S/C16H20N2O5S/c1-11-6-7-13(24(4,21)22)10-14(11)16(20)23-12(2)15(19)18(3)9-5-8-17/h6-7,10,12H,5,9H2,1-4H3/t12-/m0/s1. The van der Waals surface area contributed by atoms with Gasteiger partial charge in [0.25, 0.3) is 5.91 Å². The molecule has 0 bridgehead atoms. The highest BCUT2D eigenvalue weighted by atomic mass is 32.2. The van der Waals surface area contributed by atoms with Crippen molar-refractivity contribution in [2.24, 2.45) is 0 Å². The van der Waals surface area contributed by atoms with Crippen LogP contribution in [-0.2, 0) is 19.4 Å². The molecule has 0 unspecified atom stereocenters. The number of aryl methyl sites for hydroxylation is 1.